The number of hydrogen-bond donors (Lipinski definition) is 2. The number of carbonyl (C=O) groups excluding carboxylic acids is 1. The van der Waals surface area contributed by atoms with Crippen LogP contribution in [0.4, 0.5) is 8.78 Å². The molecule has 1 aromatic carbocycles. The quantitative estimate of drug-likeness (QED) is 0.880. The Morgan fingerprint density at radius 2 is 2.10 bits per heavy atom. The van der Waals surface area contributed by atoms with Gasteiger partial charge in [-0.15, -0.1) is 12.4 Å². The lowest BCUT2D eigenvalue weighted by Crippen LogP contribution is -2.42. The van der Waals surface area contributed by atoms with E-state index < -0.39 is 24.9 Å². The highest BCUT2D eigenvalue weighted by atomic mass is 35.5. The van der Waals surface area contributed by atoms with Crippen molar-refractivity contribution in [1.82, 2.24) is 10.6 Å². The molecule has 1 aromatic rings. The van der Waals surface area contributed by atoms with Crippen LogP contribution in [0.3, 0.4) is 0 Å². The number of carbonyl (C=O) groups is 1. The number of benzene rings is 1. The molecule has 2 unspecified atom stereocenters. The molecule has 1 saturated heterocycles. The Morgan fingerprint density at radius 1 is 1.33 bits per heavy atom. The first kappa shape index (κ1) is 16.2. The summed E-state index contributed by atoms with van der Waals surface area (Å²) in [6.45, 7) is -0.410. The molecule has 0 saturated carbocycles. The Morgan fingerprint density at radius 3 is 2.81 bits per heavy atom. The molecular weight excluding hydrogens is 298 g/mol. The first-order valence-corrected chi connectivity index (χ1v) is 7.04. The number of aryl methyl sites for hydroxylation is 1. The average molecular weight is 317 g/mol. The monoisotopic (exact) mass is 316 g/mol. The van der Waals surface area contributed by atoms with Gasteiger partial charge in [0.1, 0.15) is 0 Å². The number of fused-ring (bicyclic) bond motifs is 1. The maximum atomic E-state index is 13.1. The van der Waals surface area contributed by atoms with Crippen LogP contribution < -0.4 is 10.6 Å². The van der Waals surface area contributed by atoms with Crippen molar-refractivity contribution in [2.75, 3.05) is 6.54 Å². The molecule has 0 aromatic heterocycles. The summed E-state index contributed by atoms with van der Waals surface area (Å²) in [6.07, 6.45) is 2.48. The molecule has 1 amide bonds. The molecule has 3 rings (SSSR count). The molecule has 2 aliphatic rings. The molecule has 1 aliphatic heterocycles. The Bertz CT molecular complexity index is 524. The zero-order valence-corrected chi connectivity index (χ0v) is 12.4. The second-order valence-corrected chi connectivity index (χ2v) is 5.65. The fraction of sp³-hybridized carbons (Fsp3) is 0.533. The molecule has 2 atom stereocenters. The van der Waals surface area contributed by atoms with Crippen molar-refractivity contribution >= 4 is 18.3 Å². The summed E-state index contributed by atoms with van der Waals surface area (Å²) >= 11 is 0. The van der Waals surface area contributed by atoms with Gasteiger partial charge in [0, 0.05) is 6.42 Å². The summed E-state index contributed by atoms with van der Waals surface area (Å²) in [5.41, 5.74) is 2.37. The minimum absolute atomic E-state index is 0. The Kier molecular flexibility index (Phi) is 4.84. The van der Waals surface area contributed by atoms with Crippen LogP contribution in [0.15, 0.2) is 24.3 Å². The van der Waals surface area contributed by atoms with Gasteiger partial charge in [-0.2, -0.15) is 0 Å². The van der Waals surface area contributed by atoms with Gasteiger partial charge >= 0.3 is 0 Å². The topological polar surface area (TPSA) is 41.1 Å². The van der Waals surface area contributed by atoms with E-state index in [2.05, 4.69) is 16.7 Å². The summed E-state index contributed by atoms with van der Waals surface area (Å²) < 4.78 is 26.3. The average Bonchev–Trinajstić information content (AvgIpc) is 2.80. The second kappa shape index (κ2) is 6.28. The van der Waals surface area contributed by atoms with Gasteiger partial charge in [0.25, 0.3) is 5.92 Å². The van der Waals surface area contributed by atoms with Crippen LogP contribution >= 0.6 is 12.4 Å². The zero-order chi connectivity index (χ0) is 14.2. The van der Waals surface area contributed by atoms with Gasteiger partial charge in [-0.3, -0.25) is 10.1 Å². The highest BCUT2D eigenvalue weighted by Crippen LogP contribution is 2.30. The highest BCUT2D eigenvalue weighted by Gasteiger charge is 2.42. The fourth-order valence-electron chi connectivity index (χ4n) is 3.08. The smallest absolute Gasteiger partial charge is 0.262 e. The standard InChI is InChI=1S/C15H18F2N2O.ClH/c16-15(17)8-13(18-9-15)14(20)19-12-7-3-5-10-4-1-2-6-11(10)12;/h1-2,4,6,12-13,18H,3,5,7-9H2,(H,19,20);1H. The number of rotatable bonds is 2. The molecule has 0 spiro atoms. The van der Waals surface area contributed by atoms with E-state index in [1.807, 2.05) is 18.2 Å². The predicted molar refractivity (Wildman–Crippen MR) is 78.9 cm³/mol. The van der Waals surface area contributed by atoms with Crippen LogP contribution in [-0.2, 0) is 11.2 Å². The summed E-state index contributed by atoms with van der Waals surface area (Å²) in [6, 6.07) is 7.18. The van der Waals surface area contributed by atoms with E-state index >= 15 is 0 Å². The summed E-state index contributed by atoms with van der Waals surface area (Å²) in [4.78, 5) is 12.1. The van der Waals surface area contributed by atoms with Crippen molar-refractivity contribution in [3.63, 3.8) is 0 Å². The number of halogens is 3. The third kappa shape index (κ3) is 3.52. The third-order valence-corrected chi connectivity index (χ3v) is 4.11. The molecular formula is C15H19ClF2N2O. The lowest BCUT2D eigenvalue weighted by molar-refractivity contribution is -0.124. The summed E-state index contributed by atoms with van der Waals surface area (Å²) in [5.74, 6) is -3.09. The molecule has 3 nitrogen and oxygen atoms in total. The zero-order valence-electron chi connectivity index (χ0n) is 11.6. The minimum Gasteiger partial charge on any atom is -0.348 e. The van der Waals surface area contributed by atoms with Gasteiger partial charge in [-0.25, -0.2) is 8.78 Å². The highest BCUT2D eigenvalue weighted by molar-refractivity contribution is 5.85. The summed E-state index contributed by atoms with van der Waals surface area (Å²) in [5, 5.41) is 5.52. The summed E-state index contributed by atoms with van der Waals surface area (Å²) in [7, 11) is 0. The predicted octanol–water partition coefficient (Wildman–Crippen LogP) is 2.60. The molecule has 6 heteroatoms. The number of alkyl halides is 2. The first-order chi connectivity index (χ1) is 9.55. The van der Waals surface area contributed by atoms with Crippen LogP contribution in [0.25, 0.3) is 0 Å². The van der Waals surface area contributed by atoms with Crippen LogP contribution in [0.1, 0.15) is 36.4 Å². The van der Waals surface area contributed by atoms with E-state index in [0.29, 0.717) is 0 Å². The van der Waals surface area contributed by atoms with Crippen molar-refractivity contribution in [1.29, 1.82) is 0 Å². The maximum absolute atomic E-state index is 13.1. The minimum atomic E-state index is -2.77. The fourth-order valence-corrected chi connectivity index (χ4v) is 3.08. The molecule has 1 fully saturated rings. The van der Waals surface area contributed by atoms with Crippen molar-refractivity contribution < 1.29 is 13.6 Å². The van der Waals surface area contributed by atoms with Crippen LogP contribution in [0, 0.1) is 0 Å². The molecule has 21 heavy (non-hydrogen) atoms. The molecule has 1 aliphatic carbocycles. The van der Waals surface area contributed by atoms with Crippen LogP contribution in [-0.4, -0.2) is 24.4 Å². The normalized spacial score (nSPS) is 26.6. The van der Waals surface area contributed by atoms with E-state index in [9.17, 15) is 13.6 Å². The molecule has 2 N–H and O–H groups in total. The number of amides is 1. The second-order valence-electron chi connectivity index (χ2n) is 5.65. The first-order valence-electron chi connectivity index (χ1n) is 7.04. The van der Waals surface area contributed by atoms with Gasteiger partial charge in [-0.05, 0) is 30.4 Å². The van der Waals surface area contributed by atoms with Gasteiger partial charge in [0.05, 0.1) is 18.6 Å². The Hall–Kier alpha value is -1.20. The van der Waals surface area contributed by atoms with E-state index in [1.54, 1.807) is 0 Å². The lowest BCUT2D eigenvalue weighted by atomic mass is 9.87. The maximum Gasteiger partial charge on any atom is 0.262 e. The number of nitrogens with one attached hydrogen (secondary N) is 2. The van der Waals surface area contributed by atoms with E-state index in [4.69, 9.17) is 0 Å². The van der Waals surface area contributed by atoms with Crippen molar-refractivity contribution in [2.24, 2.45) is 0 Å². The molecule has 0 radical (unpaired) electrons. The van der Waals surface area contributed by atoms with Gasteiger partial charge < -0.3 is 5.32 Å². The molecule has 1 heterocycles. The van der Waals surface area contributed by atoms with Crippen molar-refractivity contribution in [2.45, 2.75) is 43.7 Å². The third-order valence-electron chi connectivity index (χ3n) is 4.11. The molecule has 116 valence electrons. The lowest BCUT2D eigenvalue weighted by Gasteiger charge is -2.27. The Balaban J connectivity index is 0.00000161. The van der Waals surface area contributed by atoms with Gasteiger partial charge in [0.2, 0.25) is 5.91 Å². The number of hydrogen-bond acceptors (Lipinski definition) is 2. The van der Waals surface area contributed by atoms with Crippen LogP contribution in [0.2, 0.25) is 0 Å². The SMILES string of the molecule is Cl.O=C(NC1CCCc2ccccc21)C1CC(F)(F)CN1. The van der Waals surface area contributed by atoms with Crippen LogP contribution in [0.5, 0.6) is 0 Å². The van der Waals surface area contributed by atoms with Gasteiger partial charge in [0.15, 0.2) is 0 Å². The largest absolute Gasteiger partial charge is 0.348 e. The van der Waals surface area contributed by atoms with E-state index in [-0.39, 0.29) is 24.4 Å². The van der Waals surface area contributed by atoms with E-state index in [1.165, 1.54) is 5.56 Å². The molecule has 0 bridgehead atoms. The van der Waals surface area contributed by atoms with E-state index in [0.717, 1.165) is 24.8 Å². The van der Waals surface area contributed by atoms with Crippen molar-refractivity contribution in [3.8, 4) is 0 Å². The van der Waals surface area contributed by atoms with Crippen molar-refractivity contribution in [3.05, 3.63) is 35.4 Å². The Labute approximate surface area is 128 Å². The van der Waals surface area contributed by atoms with Gasteiger partial charge in [-0.1, -0.05) is 24.3 Å².